The first-order chi connectivity index (χ1) is 7.72. The van der Waals surface area contributed by atoms with E-state index in [1.807, 2.05) is 0 Å². The second kappa shape index (κ2) is 7.11. The summed E-state index contributed by atoms with van der Waals surface area (Å²) < 4.78 is 5.05. The fraction of sp³-hybridized carbons (Fsp3) is 0.818. The summed E-state index contributed by atoms with van der Waals surface area (Å²) in [7, 11) is 0. The van der Waals surface area contributed by atoms with Crippen molar-refractivity contribution in [2.24, 2.45) is 5.73 Å². The van der Waals surface area contributed by atoms with Crippen LogP contribution in [0, 0.1) is 0 Å². The third-order valence-corrected chi connectivity index (χ3v) is 1.73. The Morgan fingerprint density at radius 1 is 1.24 bits per heavy atom. The molecule has 0 aromatic heterocycles. The van der Waals surface area contributed by atoms with Crippen molar-refractivity contribution >= 4 is 12.0 Å². The SMILES string of the molecule is CC(N)C(=O)NCCCNC(=O)OC(C)(C)C. The van der Waals surface area contributed by atoms with Crippen LogP contribution in [-0.4, -0.2) is 36.7 Å². The highest BCUT2D eigenvalue weighted by Crippen LogP contribution is 2.06. The van der Waals surface area contributed by atoms with Gasteiger partial charge in [0.25, 0.3) is 0 Å². The highest BCUT2D eigenvalue weighted by Gasteiger charge is 2.15. The van der Waals surface area contributed by atoms with Crippen molar-refractivity contribution in [3.63, 3.8) is 0 Å². The Morgan fingerprint density at radius 3 is 2.24 bits per heavy atom. The van der Waals surface area contributed by atoms with Crippen LogP contribution in [0.4, 0.5) is 4.79 Å². The van der Waals surface area contributed by atoms with Crippen molar-refractivity contribution in [3.05, 3.63) is 0 Å². The molecule has 1 atom stereocenters. The van der Waals surface area contributed by atoms with Crippen LogP contribution < -0.4 is 16.4 Å². The van der Waals surface area contributed by atoms with E-state index in [0.29, 0.717) is 19.5 Å². The molecule has 0 saturated heterocycles. The van der Waals surface area contributed by atoms with Crippen molar-refractivity contribution < 1.29 is 14.3 Å². The molecular weight excluding hydrogens is 222 g/mol. The van der Waals surface area contributed by atoms with Crippen molar-refractivity contribution in [1.82, 2.24) is 10.6 Å². The Balaban J connectivity index is 3.53. The average Bonchev–Trinajstić information content (AvgIpc) is 2.13. The van der Waals surface area contributed by atoms with Gasteiger partial charge < -0.3 is 21.1 Å². The molecule has 0 radical (unpaired) electrons. The molecular formula is C11H23N3O3. The molecule has 0 fully saturated rings. The molecule has 2 amide bonds. The summed E-state index contributed by atoms with van der Waals surface area (Å²) in [5.41, 5.74) is 4.87. The third kappa shape index (κ3) is 9.62. The first-order valence-corrected chi connectivity index (χ1v) is 5.72. The molecule has 1 unspecified atom stereocenters. The standard InChI is InChI=1S/C11H23N3O3/c1-8(12)9(15)13-6-5-7-14-10(16)17-11(2,3)4/h8H,5-7,12H2,1-4H3,(H,13,15)(H,14,16). The lowest BCUT2D eigenvalue weighted by Gasteiger charge is -2.19. The Bertz CT molecular complexity index is 259. The summed E-state index contributed by atoms with van der Waals surface area (Å²) in [5.74, 6) is -0.192. The summed E-state index contributed by atoms with van der Waals surface area (Å²) in [5, 5.41) is 5.25. The van der Waals surface area contributed by atoms with E-state index in [1.54, 1.807) is 27.7 Å². The number of nitrogens with two attached hydrogens (primary N) is 1. The predicted molar refractivity (Wildman–Crippen MR) is 65.5 cm³/mol. The van der Waals surface area contributed by atoms with Crippen LogP contribution >= 0.6 is 0 Å². The van der Waals surface area contributed by atoms with E-state index in [1.165, 1.54) is 0 Å². The van der Waals surface area contributed by atoms with E-state index in [0.717, 1.165) is 0 Å². The smallest absolute Gasteiger partial charge is 0.407 e. The molecule has 0 saturated carbocycles. The van der Waals surface area contributed by atoms with E-state index in [9.17, 15) is 9.59 Å². The van der Waals surface area contributed by atoms with E-state index in [4.69, 9.17) is 10.5 Å². The summed E-state index contributed by atoms with van der Waals surface area (Å²) in [4.78, 5) is 22.3. The second-order valence-corrected chi connectivity index (χ2v) is 4.86. The van der Waals surface area contributed by atoms with Gasteiger partial charge in [0.1, 0.15) is 5.60 Å². The van der Waals surface area contributed by atoms with Crippen LogP contribution in [0.3, 0.4) is 0 Å². The summed E-state index contributed by atoms with van der Waals surface area (Å²) in [6, 6.07) is -0.506. The van der Waals surface area contributed by atoms with E-state index < -0.39 is 17.7 Å². The quantitative estimate of drug-likeness (QED) is 0.610. The largest absolute Gasteiger partial charge is 0.444 e. The van der Waals surface area contributed by atoms with Gasteiger partial charge in [-0.25, -0.2) is 4.79 Å². The maximum Gasteiger partial charge on any atom is 0.407 e. The zero-order valence-electron chi connectivity index (χ0n) is 11.0. The van der Waals surface area contributed by atoms with Crippen LogP contribution in [0.2, 0.25) is 0 Å². The average molecular weight is 245 g/mol. The van der Waals surface area contributed by atoms with Gasteiger partial charge in [-0.2, -0.15) is 0 Å². The molecule has 6 nitrogen and oxygen atoms in total. The monoisotopic (exact) mass is 245 g/mol. The summed E-state index contributed by atoms with van der Waals surface area (Å²) in [6.07, 6.45) is 0.188. The van der Waals surface area contributed by atoms with Crippen LogP contribution in [0.25, 0.3) is 0 Å². The maximum absolute atomic E-state index is 11.2. The Labute approximate surface area is 102 Å². The molecule has 0 bridgehead atoms. The van der Waals surface area contributed by atoms with Crippen LogP contribution in [0.1, 0.15) is 34.1 Å². The second-order valence-electron chi connectivity index (χ2n) is 4.86. The first kappa shape index (κ1) is 15.7. The Kier molecular flexibility index (Phi) is 6.57. The van der Waals surface area contributed by atoms with Crippen molar-refractivity contribution in [1.29, 1.82) is 0 Å². The third-order valence-electron chi connectivity index (χ3n) is 1.73. The van der Waals surface area contributed by atoms with Crippen molar-refractivity contribution in [2.45, 2.75) is 45.8 Å². The zero-order chi connectivity index (χ0) is 13.5. The zero-order valence-corrected chi connectivity index (χ0v) is 11.0. The van der Waals surface area contributed by atoms with Crippen molar-refractivity contribution in [2.75, 3.05) is 13.1 Å². The highest BCUT2D eigenvalue weighted by atomic mass is 16.6. The molecule has 0 aliphatic heterocycles. The number of carbonyl (C=O) groups excluding carboxylic acids is 2. The van der Waals surface area contributed by atoms with Crippen molar-refractivity contribution in [3.8, 4) is 0 Å². The number of rotatable bonds is 5. The van der Waals surface area contributed by atoms with Gasteiger partial charge in [0.2, 0.25) is 5.91 Å². The lowest BCUT2D eigenvalue weighted by atomic mass is 10.2. The number of nitrogens with one attached hydrogen (secondary N) is 2. The minimum absolute atomic E-state index is 0.192. The lowest BCUT2D eigenvalue weighted by Crippen LogP contribution is -2.39. The number of hydrogen-bond acceptors (Lipinski definition) is 4. The van der Waals surface area contributed by atoms with Gasteiger partial charge in [-0.05, 0) is 34.1 Å². The molecule has 0 aromatic rings. The van der Waals surface area contributed by atoms with Gasteiger partial charge in [0.05, 0.1) is 6.04 Å². The van der Waals surface area contributed by atoms with Gasteiger partial charge in [-0.1, -0.05) is 0 Å². The number of carbonyl (C=O) groups is 2. The molecule has 100 valence electrons. The molecule has 6 heteroatoms. The number of ether oxygens (including phenoxy) is 1. The molecule has 0 aliphatic carbocycles. The molecule has 0 spiro atoms. The van der Waals surface area contributed by atoms with Gasteiger partial charge in [-0.15, -0.1) is 0 Å². The van der Waals surface area contributed by atoms with E-state index >= 15 is 0 Å². The molecule has 4 N–H and O–H groups in total. The van der Waals surface area contributed by atoms with Crippen LogP contribution in [0.5, 0.6) is 0 Å². The Morgan fingerprint density at radius 2 is 1.76 bits per heavy atom. The molecule has 0 aromatic carbocycles. The van der Waals surface area contributed by atoms with Gasteiger partial charge in [0, 0.05) is 13.1 Å². The number of amides is 2. The minimum Gasteiger partial charge on any atom is -0.444 e. The molecule has 0 heterocycles. The minimum atomic E-state index is -0.506. The topological polar surface area (TPSA) is 93.5 Å². The molecule has 17 heavy (non-hydrogen) atoms. The predicted octanol–water partition coefficient (Wildman–Crippen LogP) is 0.365. The van der Waals surface area contributed by atoms with Gasteiger partial charge in [0.15, 0.2) is 0 Å². The summed E-state index contributed by atoms with van der Waals surface area (Å²) in [6.45, 7) is 7.96. The first-order valence-electron chi connectivity index (χ1n) is 5.72. The Hall–Kier alpha value is -1.30. The number of alkyl carbamates (subject to hydrolysis) is 1. The molecule has 0 aliphatic rings. The fourth-order valence-corrected chi connectivity index (χ4v) is 0.966. The summed E-state index contributed by atoms with van der Waals surface area (Å²) >= 11 is 0. The van der Waals surface area contributed by atoms with Crippen LogP contribution in [0.15, 0.2) is 0 Å². The van der Waals surface area contributed by atoms with Gasteiger partial charge in [-0.3, -0.25) is 4.79 Å². The van der Waals surface area contributed by atoms with E-state index in [2.05, 4.69) is 10.6 Å². The fourth-order valence-electron chi connectivity index (χ4n) is 0.966. The highest BCUT2D eigenvalue weighted by molar-refractivity contribution is 5.80. The van der Waals surface area contributed by atoms with Crippen LogP contribution in [-0.2, 0) is 9.53 Å². The lowest BCUT2D eigenvalue weighted by molar-refractivity contribution is -0.121. The maximum atomic E-state index is 11.2. The number of hydrogen-bond donors (Lipinski definition) is 3. The van der Waals surface area contributed by atoms with E-state index in [-0.39, 0.29) is 5.91 Å². The molecule has 0 rings (SSSR count). The normalized spacial score (nSPS) is 12.8. The van der Waals surface area contributed by atoms with Gasteiger partial charge >= 0.3 is 6.09 Å².